The summed E-state index contributed by atoms with van der Waals surface area (Å²) in [5.74, 6) is 0.856. The Morgan fingerprint density at radius 1 is 1.27 bits per heavy atom. The fourth-order valence-corrected chi connectivity index (χ4v) is 3.35. The van der Waals surface area contributed by atoms with Gasteiger partial charge in [0, 0.05) is 18.3 Å². The van der Waals surface area contributed by atoms with Gasteiger partial charge in [-0.05, 0) is 50.7 Å². The lowest BCUT2D eigenvalue weighted by atomic mass is 10.2. The molecule has 1 amide bonds. The van der Waals surface area contributed by atoms with Gasteiger partial charge in [-0.3, -0.25) is 0 Å². The average Bonchev–Trinajstić information content (AvgIpc) is 3.10. The van der Waals surface area contributed by atoms with E-state index in [0.717, 1.165) is 47.3 Å². The van der Waals surface area contributed by atoms with Crippen molar-refractivity contribution in [1.82, 2.24) is 9.88 Å². The molecule has 0 fully saturated rings. The van der Waals surface area contributed by atoms with E-state index in [2.05, 4.69) is 30.7 Å². The number of primary amides is 1. The number of nitrogens with zero attached hydrogens (tertiary/aromatic N) is 2. The third-order valence-corrected chi connectivity index (χ3v) is 5.11. The highest BCUT2D eigenvalue weighted by Gasteiger charge is 2.09. The highest BCUT2D eigenvalue weighted by atomic mass is 32.1. The molecule has 0 aliphatic heterocycles. The fourth-order valence-electron chi connectivity index (χ4n) is 2.52. The van der Waals surface area contributed by atoms with E-state index in [1.165, 1.54) is 11.3 Å². The van der Waals surface area contributed by atoms with Crippen molar-refractivity contribution in [2.75, 3.05) is 19.6 Å². The van der Waals surface area contributed by atoms with Gasteiger partial charge < -0.3 is 20.1 Å². The lowest BCUT2D eigenvalue weighted by molar-refractivity contribution is 0.151. The third kappa shape index (κ3) is 6.31. The molecule has 0 aliphatic carbocycles. The molecule has 2 aromatic rings. The Balaban J connectivity index is 1.88. The van der Waals surface area contributed by atoms with Crippen molar-refractivity contribution in [2.45, 2.75) is 39.9 Å². The molecule has 2 N–H and O–H groups in total. The number of carbonyl (C=O) groups excluding carboxylic acids is 1. The zero-order valence-corrected chi connectivity index (χ0v) is 16.4. The summed E-state index contributed by atoms with van der Waals surface area (Å²) >= 11 is 1.47. The number of rotatable bonds is 10. The first kappa shape index (κ1) is 20.2. The van der Waals surface area contributed by atoms with Crippen LogP contribution in [0, 0.1) is 0 Å². The molecule has 1 aromatic heterocycles. The van der Waals surface area contributed by atoms with Crippen LogP contribution in [0.15, 0.2) is 30.5 Å². The second-order valence-corrected chi connectivity index (χ2v) is 7.12. The third-order valence-electron chi connectivity index (χ3n) is 4.10. The van der Waals surface area contributed by atoms with Gasteiger partial charge in [0.25, 0.3) is 0 Å². The number of nitrogens with two attached hydrogens (primary N) is 1. The summed E-state index contributed by atoms with van der Waals surface area (Å²) in [6.07, 6.45) is 2.08. The van der Waals surface area contributed by atoms with Gasteiger partial charge in [0.1, 0.15) is 17.4 Å². The van der Waals surface area contributed by atoms with Crippen molar-refractivity contribution in [3.05, 3.63) is 35.3 Å². The van der Waals surface area contributed by atoms with Gasteiger partial charge in [-0.1, -0.05) is 13.8 Å². The molecule has 142 valence electrons. The van der Waals surface area contributed by atoms with Crippen LogP contribution in [0.3, 0.4) is 0 Å². The second kappa shape index (κ2) is 10.1. The van der Waals surface area contributed by atoms with Crippen LogP contribution in [0.4, 0.5) is 4.79 Å². The van der Waals surface area contributed by atoms with Crippen molar-refractivity contribution in [3.63, 3.8) is 0 Å². The molecule has 2 rings (SSSR count). The topological polar surface area (TPSA) is 77.7 Å². The molecule has 26 heavy (non-hydrogen) atoms. The monoisotopic (exact) mass is 377 g/mol. The molecule has 0 aliphatic rings. The average molecular weight is 378 g/mol. The number of thiazole rings is 1. The first-order valence-corrected chi connectivity index (χ1v) is 9.69. The minimum Gasteiger partial charge on any atom is -0.491 e. The SMILES string of the molecule is CCN(CC)CCC(C)Oc1ccc(-c2ncc(COC(N)=O)s2)cc1. The number of hydrogen-bond acceptors (Lipinski definition) is 6. The summed E-state index contributed by atoms with van der Waals surface area (Å²) in [5.41, 5.74) is 5.98. The summed E-state index contributed by atoms with van der Waals surface area (Å²) < 4.78 is 10.8. The number of amides is 1. The van der Waals surface area contributed by atoms with Crippen molar-refractivity contribution in [1.29, 1.82) is 0 Å². The van der Waals surface area contributed by atoms with E-state index >= 15 is 0 Å². The van der Waals surface area contributed by atoms with Crippen LogP contribution in [-0.2, 0) is 11.3 Å². The van der Waals surface area contributed by atoms with Crippen LogP contribution in [0.1, 0.15) is 32.1 Å². The Bertz CT molecular complexity index is 684. The zero-order valence-electron chi connectivity index (χ0n) is 15.6. The summed E-state index contributed by atoms with van der Waals surface area (Å²) in [7, 11) is 0. The standard InChI is InChI=1S/C19H27N3O3S/c1-4-22(5-2)11-10-14(3)25-16-8-6-15(7-9-16)18-21-12-17(26-18)13-24-19(20)23/h6-9,12,14H,4-5,10-11,13H2,1-3H3,(H2,20,23). The highest BCUT2D eigenvalue weighted by Crippen LogP contribution is 2.27. The number of benzene rings is 1. The number of hydrogen-bond donors (Lipinski definition) is 1. The molecule has 7 heteroatoms. The first-order chi connectivity index (χ1) is 12.5. The van der Waals surface area contributed by atoms with Crippen molar-refractivity contribution >= 4 is 17.4 Å². The number of ether oxygens (including phenoxy) is 2. The molecule has 0 saturated carbocycles. The molecular formula is C19H27N3O3S. The Morgan fingerprint density at radius 2 is 1.96 bits per heavy atom. The molecule has 1 unspecified atom stereocenters. The summed E-state index contributed by atoms with van der Waals surface area (Å²) in [4.78, 5) is 18.3. The van der Waals surface area contributed by atoms with Gasteiger partial charge in [-0.2, -0.15) is 0 Å². The van der Waals surface area contributed by atoms with Gasteiger partial charge in [0.05, 0.1) is 11.0 Å². The molecule has 1 atom stereocenters. The Labute approximate surface area is 158 Å². The maximum absolute atomic E-state index is 10.7. The van der Waals surface area contributed by atoms with Gasteiger partial charge in [-0.25, -0.2) is 9.78 Å². The zero-order chi connectivity index (χ0) is 18.9. The second-order valence-electron chi connectivity index (χ2n) is 6.01. The molecule has 0 radical (unpaired) electrons. The molecule has 0 saturated heterocycles. The van der Waals surface area contributed by atoms with Gasteiger partial charge in [-0.15, -0.1) is 11.3 Å². The molecule has 0 bridgehead atoms. The van der Waals surface area contributed by atoms with E-state index in [1.807, 2.05) is 24.3 Å². The van der Waals surface area contributed by atoms with Crippen LogP contribution in [0.2, 0.25) is 0 Å². The van der Waals surface area contributed by atoms with E-state index in [9.17, 15) is 4.79 Å². The predicted molar refractivity (Wildman–Crippen MR) is 104 cm³/mol. The lowest BCUT2D eigenvalue weighted by Crippen LogP contribution is -2.27. The van der Waals surface area contributed by atoms with Crippen LogP contribution in [0.25, 0.3) is 10.6 Å². The molecular weight excluding hydrogens is 350 g/mol. The molecule has 6 nitrogen and oxygen atoms in total. The van der Waals surface area contributed by atoms with Crippen LogP contribution >= 0.6 is 11.3 Å². The van der Waals surface area contributed by atoms with Gasteiger partial charge in [0.2, 0.25) is 0 Å². The van der Waals surface area contributed by atoms with Gasteiger partial charge >= 0.3 is 6.09 Å². The van der Waals surface area contributed by atoms with Crippen LogP contribution < -0.4 is 10.5 Å². The Morgan fingerprint density at radius 3 is 2.58 bits per heavy atom. The smallest absolute Gasteiger partial charge is 0.404 e. The van der Waals surface area contributed by atoms with Crippen molar-refractivity contribution in [3.8, 4) is 16.3 Å². The lowest BCUT2D eigenvalue weighted by Gasteiger charge is -2.21. The fraction of sp³-hybridized carbons (Fsp3) is 0.474. The predicted octanol–water partition coefficient (Wildman–Crippen LogP) is 3.90. The summed E-state index contributed by atoms with van der Waals surface area (Å²) in [6.45, 7) is 9.79. The number of carbonyl (C=O) groups is 1. The maximum atomic E-state index is 10.7. The summed E-state index contributed by atoms with van der Waals surface area (Å²) in [5, 5.41) is 0.870. The van der Waals surface area contributed by atoms with Crippen molar-refractivity contribution in [2.24, 2.45) is 5.73 Å². The molecule has 1 aromatic carbocycles. The summed E-state index contributed by atoms with van der Waals surface area (Å²) in [6, 6.07) is 7.91. The van der Waals surface area contributed by atoms with E-state index in [-0.39, 0.29) is 12.7 Å². The highest BCUT2D eigenvalue weighted by molar-refractivity contribution is 7.15. The normalized spacial score (nSPS) is 12.2. The largest absolute Gasteiger partial charge is 0.491 e. The van der Waals surface area contributed by atoms with E-state index < -0.39 is 6.09 Å². The minimum atomic E-state index is -0.781. The quantitative estimate of drug-likeness (QED) is 0.679. The Hall–Kier alpha value is -2.12. The van der Waals surface area contributed by atoms with Crippen LogP contribution in [0.5, 0.6) is 5.75 Å². The first-order valence-electron chi connectivity index (χ1n) is 8.88. The minimum absolute atomic E-state index is 0.151. The van der Waals surface area contributed by atoms with E-state index in [4.69, 9.17) is 15.2 Å². The molecule has 1 heterocycles. The van der Waals surface area contributed by atoms with E-state index in [0.29, 0.717) is 0 Å². The number of aromatic nitrogens is 1. The maximum Gasteiger partial charge on any atom is 0.404 e. The van der Waals surface area contributed by atoms with Crippen LogP contribution in [-0.4, -0.2) is 41.7 Å². The molecule has 0 spiro atoms. The van der Waals surface area contributed by atoms with E-state index in [1.54, 1.807) is 6.20 Å². The van der Waals surface area contributed by atoms with Crippen molar-refractivity contribution < 1.29 is 14.3 Å². The van der Waals surface area contributed by atoms with Gasteiger partial charge in [0.15, 0.2) is 0 Å². The Kier molecular flexibility index (Phi) is 7.87.